The molecule has 0 bridgehead atoms. The van der Waals surface area contributed by atoms with Crippen LogP contribution in [0, 0.1) is 0 Å². The lowest BCUT2D eigenvalue weighted by atomic mass is 9.99. The molecule has 0 aromatic heterocycles. The molecule has 4 aromatic carbocycles. The molecule has 0 spiro atoms. The van der Waals surface area contributed by atoms with Gasteiger partial charge in [0.15, 0.2) is 0 Å². The summed E-state index contributed by atoms with van der Waals surface area (Å²) in [6, 6.07) is 41.1. The lowest BCUT2D eigenvalue weighted by molar-refractivity contribution is -0.0498. The Morgan fingerprint density at radius 2 is 1.00 bits per heavy atom. The third-order valence-corrected chi connectivity index (χ3v) is 5.86. The van der Waals surface area contributed by atoms with Gasteiger partial charge < -0.3 is 9.84 Å². The maximum Gasteiger partial charge on any atom is 0.101 e. The summed E-state index contributed by atoms with van der Waals surface area (Å²) in [5, 5.41) is 10.7. The van der Waals surface area contributed by atoms with Crippen molar-refractivity contribution in [1.82, 2.24) is 4.90 Å². The molecule has 2 unspecified atom stereocenters. The van der Waals surface area contributed by atoms with Crippen molar-refractivity contribution in [2.45, 2.75) is 31.8 Å². The highest BCUT2D eigenvalue weighted by molar-refractivity contribution is 5.22. The molecule has 3 nitrogen and oxygen atoms in total. The van der Waals surface area contributed by atoms with Crippen molar-refractivity contribution in [3.05, 3.63) is 144 Å². The summed E-state index contributed by atoms with van der Waals surface area (Å²) >= 11 is 0. The van der Waals surface area contributed by atoms with Gasteiger partial charge in [-0.15, -0.1) is 0 Å². The van der Waals surface area contributed by atoms with E-state index in [0.29, 0.717) is 6.61 Å². The first-order valence-corrected chi connectivity index (χ1v) is 11.5. The Hall–Kier alpha value is -3.24. The molecular formula is C30H31NO2. The molecule has 168 valence electrons. The van der Waals surface area contributed by atoms with Crippen molar-refractivity contribution in [2.75, 3.05) is 6.61 Å². The summed E-state index contributed by atoms with van der Waals surface area (Å²) in [6.07, 6.45) is -0.274. The molecule has 0 saturated heterocycles. The quantitative estimate of drug-likeness (QED) is 0.312. The summed E-state index contributed by atoms with van der Waals surface area (Å²) in [6.45, 7) is 1.92. The fourth-order valence-electron chi connectivity index (χ4n) is 4.16. The van der Waals surface area contributed by atoms with E-state index in [1.807, 2.05) is 48.5 Å². The van der Waals surface area contributed by atoms with Crippen LogP contribution < -0.4 is 0 Å². The van der Waals surface area contributed by atoms with Gasteiger partial charge in [0.25, 0.3) is 0 Å². The Labute approximate surface area is 196 Å². The Kier molecular flexibility index (Phi) is 8.42. The van der Waals surface area contributed by atoms with Crippen LogP contribution >= 0.6 is 0 Å². The monoisotopic (exact) mass is 437 g/mol. The van der Waals surface area contributed by atoms with Crippen molar-refractivity contribution in [2.24, 2.45) is 0 Å². The second kappa shape index (κ2) is 12.1. The van der Waals surface area contributed by atoms with E-state index in [4.69, 9.17) is 4.74 Å². The molecule has 0 heterocycles. The zero-order valence-corrected chi connectivity index (χ0v) is 18.8. The van der Waals surface area contributed by atoms with Crippen molar-refractivity contribution in [3.63, 3.8) is 0 Å². The van der Waals surface area contributed by atoms with Crippen LogP contribution in [0.1, 0.15) is 28.4 Å². The van der Waals surface area contributed by atoms with E-state index in [9.17, 15) is 5.11 Å². The first kappa shape index (κ1) is 22.9. The molecular weight excluding hydrogens is 406 g/mol. The maximum atomic E-state index is 10.7. The van der Waals surface area contributed by atoms with E-state index >= 15 is 0 Å². The van der Waals surface area contributed by atoms with Gasteiger partial charge in [-0.25, -0.2) is 0 Å². The molecule has 1 N–H and O–H groups in total. The molecule has 0 aliphatic rings. The van der Waals surface area contributed by atoms with Crippen LogP contribution in [-0.4, -0.2) is 22.7 Å². The van der Waals surface area contributed by atoms with E-state index in [1.165, 1.54) is 11.1 Å². The third kappa shape index (κ3) is 6.62. The van der Waals surface area contributed by atoms with E-state index in [-0.39, 0.29) is 18.8 Å². The van der Waals surface area contributed by atoms with Gasteiger partial charge in [0.2, 0.25) is 0 Å². The molecule has 0 radical (unpaired) electrons. The first-order valence-electron chi connectivity index (χ1n) is 11.5. The lowest BCUT2D eigenvalue weighted by Crippen LogP contribution is -2.42. The minimum absolute atomic E-state index is 0.00593. The number of hydrogen-bond acceptors (Lipinski definition) is 3. The number of aliphatic hydroxyl groups is 1. The van der Waals surface area contributed by atoms with Crippen molar-refractivity contribution in [3.8, 4) is 0 Å². The zero-order valence-electron chi connectivity index (χ0n) is 18.8. The SMILES string of the molecule is OCC(C(OCc1ccccc1)c1ccccc1)N(Cc1ccccc1)Cc1ccccc1. The molecule has 0 aliphatic carbocycles. The summed E-state index contributed by atoms with van der Waals surface area (Å²) < 4.78 is 6.52. The molecule has 33 heavy (non-hydrogen) atoms. The molecule has 0 aliphatic heterocycles. The van der Waals surface area contributed by atoms with Crippen LogP contribution in [0.15, 0.2) is 121 Å². The molecule has 4 rings (SSSR count). The number of nitrogens with zero attached hydrogens (tertiary/aromatic N) is 1. The number of benzene rings is 4. The minimum Gasteiger partial charge on any atom is -0.395 e. The minimum atomic E-state index is -0.274. The summed E-state index contributed by atoms with van der Waals surface area (Å²) in [4.78, 5) is 2.33. The fourth-order valence-corrected chi connectivity index (χ4v) is 4.16. The van der Waals surface area contributed by atoms with Gasteiger partial charge in [0.1, 0.15) is 6.10 Å². The van der Waals surface area contributed by atoms with E-state index < -0.39 is 0 Å². The standard InChI is InChI=1S/C30H31NO2/c32-23-29(30(28-19-11-4-12-20-28)33-24-27-17-9-3-10-18-27)31(21-25-13-5-1-6-14-25)22-26-15-7-2-8-16-26/h1-20,29-30,32H,21-24H2. The second-order valence-electron chi connectivity index (χ2n) is 8.25. The Balaban J connectivity index is 1.64. The highest BCUT2D eigenvalue weighted by atomic mass is 16.5. The number of rotatable bonds is 11. The smallest absolute Gasteiger partial charge is 0.101 e. The molecule has 0 saturated carbocycles. The average molecular weight is 438 g/mol. The van der Waals surface area contributed by atoms with Crippen LogP contribution in [0.3, 0.4) is 0 Å². The van der Waals surface area contributed by atoms with E-state index in [0.717, 1.165) is 24.2 Å². The van der Waals surface area contributed by atoms with Gasteiger partial charge in [-0.2, -0.15) is 0 Å². The molecule has 3 heteroatoms. The maximum absolute atomic E-state index is 10.7. The zero-order chi connectivity index (χ0) is 22.7. The predicted octanol–water partition coefficient (Wildman–Crippen LogP) is 6.01. The summed E-state index contributed by atoms with van der Waals surface area (Å²) in [7, 11) is 0. The van der Waals surface area contributed by atoms with Gasteiger partial charge in [-0.3, -0.25) is 4.90 Å². The van der Waals surface area contributed by atoms with Gasteiger partial charge in [-0.1, -0.05) is 121 Å². The van der Waals surface area contributed by atoms with Crippen LogP contribution in [0.25, 0.3) is 0 Å². The number of ether oxygens (including phenoxy) is 1. The molecule has 0 amide bonds. The van der Waals surface area contributed by atoms with Gasteiger partial charge in [0, 0.05) is 13.1 Å². The van der Waals surface area contributed by atoms with Crippen LogP contribution in [-0.2, 0) is 24.4 Å². The number of aliphatic hydroxyl groups excluding tert-OH is 1. The topological polar surface area (TPSA) is 32.7 Å². The van der Waals surface area contributed by atoms with Gasteiger partial charge in [0.05, 0.1) is 19.3 Å². The lowest BCUT2D eigenvalue weighted by Gasteiger charge is -2.36. The van der Waals surface area contributed by atoms with Gasteiger partial charge >= 0.3 is 0 Å². The summed E-state index contributed by atoms with van der Waals surface area (Å²) in [5.74, 6) is 0. The predicted molar refractivity (Wildman–Crippen MR) is 133 cm³/mol. The fraction of sp³-hybridized carbons (Fsp3) is 0.200. The largest absolute Gasteiger partial charge is 0.395 e. The molecule has 0 fully saturated rings. The van der Waals surface area contributed by atoms with Crippen molar-refractivity contribution < 1.29 is 9.84 Å². The van der Waals surface area contributed by atoms with Crippen molar-refractivity contribution >= 4 is 0 Å². The van der Waals surface area contributed by atoms with E-state index in [2.05, 4.69) is 77.7 Å². The van der Waals surface area contributed by atoms with Crippen molar-refractivity contribution in [1.29, 1.82) is 0 Å². The normalized spacial score (nSPS) is 13.0. The highest BCUT2D eigenvalue weighted by Crippen LogP contribution is 2.29. The molecule has 2 atom stereocenters. The van der Waals surface area contributed by atoms with E-state index in [1.54, 1.807) is 0 Å². The number of hydrogen-bond donors (Lipinski definition) is 1. The summed E-state index contributed by atoms with van der Waals surface area (Å²) in [5.41, 5.74) is 4.61. The first-order chi connectivity index (χ1) is 16.3. The third-order valence-electron chi connectivity index (χ3n) is 5.86. The average Bonchev–Trinajstić information content (AvgIpc) is 2.88. The Morgan fingerprint density at radius 1 is 0.576 bits per heavy atom. The Bertz CT molecular complexity index is 1010. The second-order valence-corrected chi connectivity index (χ2v) is 8.25. The Morgan fingerprint density at radius 3 is 1.45 bits per heavy atom. The van der Waals surface area contributed by atoms with Crippen LogP contribution in [0.4, 0.5) is 0 Å². The van der Waals surface area contributed by atoms with Crippen LogP contribution in [0.5, 0.6) is 0 Å². The molecule has 4 aromatic rings. The van der Waals surface area contributed by atoms with Crippen LogP contribution in [0.2, 0.25) is 0 Å². The highest BCUT2D eigenvalue weighted by Gasteiger charge is 2.29. The van der Waals surface area contributed by atoms with Gasteiger partial charge in [-0.05, 0) is 22.3 Å².